The van der Waals surface area contributed by atoms with Crippen LogP contribution in [0.2, 0.25) is 0 Å². The number of fused-ring (bicyclic) bond motifs is 1. The van der Waals surface area contributed by atoms with Crippen molar-refractivity contribution in [3.8, 4) is 0 Å². The maximum atomic E-state index is 12.4. The average molecular weight is 401 g/mol. The van der Waals surface area contributed by atoms with Crippen molar-refractivity contribution >= 4 is 50.8 Å². The van der Waals surface area contributed by atoms with E-state index in [1.807, 2.05) is 43.5 Å². The van der Waals surface area contributed by atoms with E-state index in [0.717, 1.165) is 32.1 Å². The Morgan fingerprint density at radius 3 is 2.67 bits per heavy atom. The number of thioether (sulfide) groups is 1. The van der Waals surface area contributed by atoms with E-state index < -0.39 is 0 Å². The first kappa shape index (κ1) is 19.3. The fourth-order valence-corrected chi connectivity index (χ4v) is 4.31. The maximum absolute atomic E-state index is 12.4. The third-order valence-corrected chi connectivity index (χ3v) is 5.99. The summed E-state index contributed by atoms with van der Waals surface area (Å²) in [6.07, 6.45) is 1.50. The highest BCUT2D eigenvalue weighted by atomic mass is 32.2. The number of thiophene rings is 1. The highest BCUT2D eigenvalue weighted by Crippen LogP contribution is 2.30. The molecule has 0 fully saturated rings. The SMILES string of the molecule is Cc1cccc(C)c1NC(=O)CNC(=O)[C@@H](C)Sc1ncnc2sccc12. The summed E-state index contributed by atoms with van der Waals surface area (Å²) in [6, 6.07) is 7.77. The summed E-state index contributed by atoms with van der Waals surface area (Å²) in [5.74, 6) is -0.459. The van der Waals surface area contributed by atoms with Gasteiger partial charge in [-0.3, -0.25) is 9.59 Å². The van der Waals surface area contributed by atoms with Crippen molar-refractivity contribution in [1.82, 2.24) is 15.3 Å². The zero-order chi connectivity index (χ0) is 19.4. The third kappa shape index (κ3) is 4.64. The van der Waals surface area contributed by atoms with Crippen LogP contribution >= 0.6 is 23.1 Å². The first-order chi connectivity index (χ1) is 13.0. The van der Waals surface area contributed by atoms with Crippen molar-refractivity contribution < 1.29 is 9.59 Å². The summed E-state index contributed by atoms with van der Waals surface area (Å²) in [5.41, 5.74) is 2.77. The fourth-order valence-electron chi connectivity index (χ4n) is 2.59. The molecular weight excluding hydrogens is 380 g/mol. The topological polar surface area (TPSA) is 84.0 Å². The average Bonchev–Trinajstić information content (AvgIpc) is 3.12. The van der Waals surface area contributed by atoms with E-state index in [9.17, 15) is 9.59 Å². The van der Waals surface area contributed by atoms with E-state index in [4.69, 9.17) is 0 Å². The molecule has 27 heavy (non-hydrogen) atoms. The Labute approximate surface area is 165 Å². The van der Waals surface area contributed by atoms with Crippen LogP contribution in [0.3, 0.4) is 0 Å². The number of amides is 2. The lowest BCUT2D eigenvalue weighted by Crippen LogP contribution is -2.37. The van der Waals surface area contributed by atoms with Crippen molar-refractivity contribution in [2.24, 2.45) is 0 Å². The molecule has 2 heterocycles. The number of nitrogens with one attached hydrogen (secondary N) is 2. The molecule has 6 nitrogen and oxygen atoms in total. The lowest BCUT2D eigenvalue weighted by molar-refractivity contribution is -0.123. The van der Waals surface area contributed by atoms with Crippen molar-refractivity contribution in [2.75, 3.05) is 11.9 Å². The van der Waals surface area contributed by atoms with E-state index in [1.165, 1.54) is 29.4 Å². The number of aryl methyl sites for hydroxylation is 2. The fraction of sp³-hybridized carbons (Fsp3) is 0.263. The summed E-state index contributed by atoms with van der Waals surface area (Å²) in [5, 5.41) is 8.84. The van der Waals surface area contributed by atoms with Crippen molar-refractivity contribution in [3.05, 3.63) is 47.1 Å². The third-order valence-electron chi connectivity index (χ3n) is 4.05. The first-order valence-corrected chi connectivity index (χ1v) is 10.2. The van der Waals surface area contributed by atoms with Crippen LogP contribution < -0.4 is 10.6 Å². The maximum Gasteiger partial charge on any atom is 0.243 e. The molecule has 8 heteroatoms. The summed E-state index contributed by atoms with van der Waals surface area (Å²) in [6.45, 7) is 5.60. The first-order valence-electron chi connectivity index (χ1n) is 8.44. The van der Waals surface area contributed by atoms with Crippen LogP contribution in [0.4, 0.5) is 5.69 Å². The van der Waals surface area contributed by atoms with Gasteiger partial charge in [-0.15, -0.1) is 11.3 Å². The number of nitrogens with zero attached hydrogens (tertiary/aromatic N) is 2. The zero-order valence-corrected chi connectivity index (χ0v) is 16.9. The van der Waals surface area contributed by atoms with Crippen LogP contribution in [-0.4, -0.2) is 33.6 Å². The molecule has 0 unspecified atom stereocenters. The van der Waals surface area contributed by atoms with Crippen molar-refractivity contribution in [1.29, 1.82) is 0 Å². The van der Waals surface area contributed by atoms with Crippen molar-refractivity contribution in [2.45, 2.75) is 31.0 Å². The quantitative estimate of drug-likeness (QED) is 0.488. The molecule has 0 aliphatic rings. The van der Waals surface area contributed by atoms with Gasteiger partial charge in [-0.25, -0.2) is 9.97 Å². The van der Waals surface area contributed by atoms with Gasteiger partial charge in [0.2, 0.25) is 11.8 Å². The Balaban J connectivity index is 1.55. The lowest BCUT2D eigenvalue weighted by atomic mass is 10.1. The van der Waals surface area contributed by atoms with Crippen molar-refractivity contribution in [3.63, 3.8) is 0 Å². The summed E-state index contributed by atoms with van der Waals surface area (Å²) in [4.78, 5) is 33.9. The van der Waals surface area contributed by atoms with Gasteiger partial charge in [-0.1, -0.05) is 30.0 Å². The minimum Gasteiger partial charge on any atom is -0.346 e. The molecule has 0 saturated heterocycles. The predicted molar refractivity (Wildman–Crippen MR) is 110 cm³/mol. The number of carbonyl (C=O) groups is 2. The van der Waals surface area contributed by atoms with Crippen LogP contribution in [0.5, 0.6) is 0 Å². The van der Waals surface area contributed by atoms with Crippen LogP contribution in [-0.2, 0) is 9.59 Å². The smallest absolute Gasteiger partial charge is 0.243 e. The number of rotatable bonds is 6. The molecule has 0 saturated carbocycles. The highest BCUT2D eigenvalue weighted by molar-refractivity contribution is 8.00. The number of hydrogen-bond acceptors (Lipinski definition) is 6. The summed E-state index contributed by atoms with van der Waals surface area (Å²) in [7, 11) is 0. The zero-order valence-electron chi connectivity index (χ0n) is 15.3. The van der Waals surface area contributed by atoms with E-state index in [-0.39, 0.29) is 23.6 Å². The van der Waals surface area contributed by atoms with Crippen LogP contribution in [0.25, 0.3) is 10.2 Å². The molecule has 0 bridgehead atoms. The van der Waals surface area contributed by atoms with Gasteiger partial charge in [0.1, 0.15) is 16.2 Å². The lowest BCUT2D eigenvalue weighted by Gasteiger charge is -2.14. The summed E-state index contributed by atoms with van der Waals surface area (Å²) < 4.78 is 0. The van der Waals surface area contributed by atoms with E-state index in [2.05, 4.69) is 20.6 Å². The molecule has 1 aromatic carbocycles. The molecule has 0 aliphatic heterocycles. The van der Waals surface area contributed by atoms with Gasteiger partial charge in [0, 0.05) is 11.1 Å². The number of hydrogen-bond donors (Lipinski definition) is 2. The number of carbonyl (C=O) groups excluding carboxylic acids is 2. The van der Waals surface area contributed by atoms with E-state index >= 15 is 0 Å². The standard InChI is InChI=1S/C19H20N4O2S2/c1-11-5-4-6-12(2)16(11)23-15(24)9-20-17(25)13(3)27-19-14-7-8-26-18(14)21-10-22-19/h4-8,10,13H,9H2,1-3H3,(H,20,25)(H,23,24)/t13-/m1/s1. The molecule has 3 rings (SSSR count). The monoisotopic (exact) mass is 400 g/mol. The van der Waals surface area contributed by atoms with Gasteiger partial charge in [-0.2, -0.15) is 0 Å². The predicted octanol–water partition coefficient (Wildman–Crippen LogP) is 3.54. The highest BCUT2D eigenvalue weighted by Gasteiger charge is 2.18. The van der Waals surface area contributed by atoms with Gasteiger partial charge in [-0.05, 0) is 43.3 Å². The number of benzene rings is 1. The second-order valence-corrected chi connectivity index (χ2v) is 8.34. The number of anilines is 1. The van der Waals surface area contributed by atoms with Crippen LogP contribution in [0, 0.1) is 13.8 Å². The van der Waals surface area contributed by atoms with Gasteiger partial charge < -0.3 is 10.6 Å². The molecule has 0 aliphatic carbocycles. The van der Waals surface area contributed by atoms with Crippen LogP contribution in [0.15, 0.2) is 41.0 Å². The molecule has 0 spiro atoms. The minimum absolute atomic E-state index is 0.0743. The molecular formula is C19H20N4O2S2. The largest absolute Gasteiger partial charge is 0.346 e. The number of para-hydroxylation sites is 1. The van der Waals surface area contributed by atoms with Gasteiger partial charge >= 0.3 is 0 Å². The molecule has 0 radical (unpaired) electrons. The molecule has 2 aromatic heterocycles. The Morgan fingerprint density at radius 1 is 1.19 bits per heavy atom. The number of aromatic nitrogens is 2. The van der Waals surface area contributed by atoms with Gasteiger partial charge in [0.15, 0.2) is 0 Å². The van der Waals surface area contributed by atoms with E-state index in [0.29, 0.717) is 0 Å². The Bertz CT molecular complexity index is 967. The van der Waals surface area contributed by atoms with Gasteiger partial charge in [0.25, 0.3) is 0 Å². The second-order valence-electron chi connectivity index (χ2n) is 6.11. The Kier molecular flexibility index (Phi) is 6.08. The molecule has 140 valence electrons. The van der Waals surface area contributed by atoms with Gasteiger partial charge in [0.05, 0.1) is 11.8 Å². The Morgan fingerprint density at radius 2 is 1.93 bits per heavy atom. The molecule has 1 atom stereocenters. The molecule has 2 amide bonds. The van der Waals surface area contributed by atoms with Crippen LogP contribution in [0.1, 0.15) is 18.1 Å². The Hall–Kier alpha value is -2.45. The summed E-state index contributed by atoms with van der Waals surface area (Å²) >= 11 is 2.89. The second kappa shape index (κ2) is 8.49. The molecule has 2 N–H and O–H groups in total. The molecule has 3 aromatic rings. The van der Waals surface area contributed by atoms with E-state index in [1.54, 1.807) is 6.92 Å². The minimum atomic E-state index is -0.379. The normalized spacial score (nSPS) is 12.0.